The summed E-state index contributed by atoms with van der Waals surface area (Å²) in [4.78, 5) is 11.1. The van der Waals surface area contributed by atoms with Crippen molar-refractivity contribution in [2.24, 2.45) is 5.10 Å². The molecule has 3 rings (SSSR count). The molecule has 0 saturated carbocycles. The highest BCUT2D eigenvalue weighted by molar-refractivity contribution is 7.71. The first-order valence-corrected chi connectivity index (χ1v) is 8.60. The highest BCUT2D eigenvalue weighted by atomic mass is 32.1. The van der Waals surface area contributed by atoms with E-state index in [0.717, 1.165) is 11.1 Å². The van der Waals surface area contributed by atoms with Gasteiger partial charge in [-0.3, -0.25) is 15.2 Å². The van der Waals surface area contributed by atoms with Crippen molar-refractivity contribution in [3.05, 3.63) is 74.3 Å². The van der Waals surface area contributed by atoms with E-state index in [1.54, 1.807) is 6.07 Å². The van der Waals surface area contributed by atoms with Gasteiger partial charge >= 0.3 is 5.69 Å². The normalized spacial score (nSPS) is 10.9. The van der Waals surface area contributed by atoms with Gasteiger partial charge < -0.3 is 9.47 Å². The zero-order valence-corrected chi connectivity index (χ0v) is 16.0. The van der Waals surface area contributed by atoms with Crippen molar-refractivity contribution in [1.29, 1.82) is 0 Å². The molecule has 1 aromatic heterocycles. The largest absolute Gasteiger partial charge is 0.493 e. The molecule has 28 heavy (non-hydrogen) atoms. The standard InChI is InChI=1S/C18H17N5O4S/c1-12-5-3-4-6-14(12)10-27-17-15(23(24)25)7-13(8-16(17)26-2)9-20-22-11-19-21-18(22)28/h3-9,11H,10H2,1-2H3,(H,21,28)/b20-9-. The average molecular weight is 399 g/mol. The van der Waals surface area contributed by atoms with Gasteiger partial charge in [0.05, 0.1) is 18.2 Å². The molecule has 1 N–H and O–H groups in total. The van der Waals surface area contributed by atoms with Crippen molar-refractivity contribution < 1.29 is 14.4 Å². The molecule has 0 bridgehead atoms. The minimum atomic E-state index is -0.517. The highest BCUT2D eigenvalue weighted by Gasteiger charge is 2.22. The molecule has 0 aliphatic carbocycles. The topological polar surface area (TPSA) is 108 Å². The number of ether oxygens (including phenoxy) is 2. The minimum Gasteiger partial charge on any atom is -0.493 e. The maximum atomic E-state index is 11.6. The van der Waals surface area contributed by atoms with E-state index in [2.05, 4.69) is 15.3 Å². The van der Waals surface area contributed by atoms with Crippen LogP contribution in [0.5, 0.6) is 11.5 Å². The lowest BCUT2D eigenvalue weighted by Gasteiger charge is -2.13. The molecule has 10 heteroatoms. The molecule has 0 spiro atoms. The Kier molecular flexibility index (Phi) is 5.80. The number of aryl methyl sites for hydroxylation is 1. The van der Waals surface area contributed by atoms with Gasteiger partial charge in [-0.1, -0.05) is 24.3 Å². The minimum absolute atomic E-state index is 0.0628. The van der Waals surface area contributed by atoms with Gasteiger partial charge in [0.2, 0.25) is 10.5 Å². The fraction of sp³-hybridized carbons (Fsp3) is 0.167. The molecule has 0 aliphatic rings. The lowest BCUT2D eigenvalue weighted by molar-refractivity contribution is -0.386. The molecule has 0 aliphatic heterocycles. The number of nitro groups is 1. The van der Waals surface area contributed by atoms with Crippen LogP contribution in [0.15, 0.2) is 47.8 Å². The van der Waals surface area contributed by atoms with Crippen LogP contribution in [0.2, 0.25) is 0 Å². The first kappa shape index (κ1) is 19.2. The SMILES string of the molecule is COc1cc(/C=N\n2cn[nH]c2=S)cc([N+](=O)[O-])c1OCc1ccccc1C. The molecular formula is C18H17N5O4S. The first-order valence-electron chi connectivity index (χ1n) is 8.19. The van der Waals surface area contributed by atoms with Crippen LogP contribution in [0, 0.1) is 21.8 Å². The van der Waals surface area contributed by atoms with E-state index in [-0.39, 0.29) is 23.8 Å². The van der Waals surface area contributed by atoms with Crippen LogP contribution >= 0.6 is 12.2 Å². The van der Waals surface area contributed by atoms with Crippen molar-refractivity contribution in [2.45, 2.75) is 13.5 Å². The molecule has 0 radical (unpaired) electrons. The average Bonchev–Trinajstić information content (AvgIpc) is 3.10. The lowest BCUT2D eigenvalue weighted by atomic mass is 10.1. The van der Waals surface area contributed by atoms with E-state index in [1.807, 2.05) is 31.2 Å². The van der Waals surface area contributed by atoms with Crippen molar-refractivity contribution in [1.82, 2.24) is 14.9 Å². The van der Waals surface area contributed by atoms with E-state index >= 15 is 0 Å². The quantitative estimate of drug-likeness (QED) is 0.281. The van der Waals surface area contributed by atoms with Crippen LogP contribution in [0.3, 0.4) is 0 Å². The van der Waals surface area contributed by atoms with Crippen LogP contribution in [-0.4, -0.2) is 33.1 Å². The van der Waals surface area contributed by atoms with Gasteiger partial charge in [0.25, 0.3) is 0 Å². The number of nitro benzene ring substituents is 1. The second kappa shape index (κ2) is 8.44. The van der Waals surface area contributed by atoms with Crippen LogP contribution in [0.25, 0.3) is 0 Å². The number of hydrogen-bond acceptors (Lipinski definition) is 7. The molecule has 9 nitrogen and oxygen atoms in total. The summed E-state index contributed by atoms with van der Waals surface area (Å²) < 4.78 is 12.7. The lowest BCUT2D eigenvalue weighted by Crippen LogP contribution is -2.03. The van der Waals surface area contributed by atoms with Crippen LogP contribution in [0.4, 0.5) is 5.69 Å². The first-order chi connectivity index (χ1) is 13.5. The molecule has 0 unspecified atom stereocenters. The predicted molar refractivity (Wildman–Crippen MR) is 106 cm³/mol. The Morgan fingerprint density at radius 3 is 2.82 bits per heavy atom. The Morgan fingerprint density at radius 1 is 1.39 bits per heavy atom. The third kappa shape index (κ3) is 4.23. The molecule has 0 fully saturated rings. The highest BCUT2D eigenvalue weighted by Crippen LogP contribution is 2.38. The van der Waals surface area contributed by atoms with E-state index < -0.39 is 4.92 Å². The third-order valence-corrected chi connectivity index (χ3v) is 4.25. The second-order valence-electron chi connectivity index (χ2n) is 5.79. The third-order valence-electron chi connectivity index (χ3n) is 3.97. The molecule has 1 heterocycles. The summed E-state index contributed by atoms with van der Waals surface area (Å²) in [7, 11) is 1.42. The number of H-pyrrole nitrogens is 1. The van der Waals surface area contributed by atoms with E-state index in [1.165, 1.54) is 30.4 Å². The Hall–Kier alpha value is -3.53. The monoisotopic (exact) mass is 399 g/mol. The van der Waals surface area contributed by atoms with Gasteiger partial charge in [-0.25, -0.2) is 0 Å². The Balaban J connectivity index is 1.94. The fourth-order valence-electron chi connectivity index (χ4n) is 2.49. The molecule has 0 amide bonds. The van der Waals surface area contributed by atoms with Crippen molar-refractivity contribution in [3.8, 4) is 11.5 Å². The molecule has 3 aromatic rings. The Labute approximate surface area is 165 Å². The van der Waals surface area contributed by atoms with Gasteiger partial charge in [0.15, 0.2) is 5.75 Å². The second-order valence-corrected chi connectivity index (χ2v) is 6.18. The number of aromatic amines is 1. The van der Waals surface area contributed by atoms with E-state index in [4.69, 9.17) is 21.7 Å². The summed E-state index contributed by atoms with van der Waals surface area (Å²) >= 11 is 5.01. The number of benzene rings is 2. The molecule has 144 valence electrons. The number of methoxy groups -OCH3 is 1. The zero-order chi connectivity index (χ0) is 20.1. The zero-order valence-electron chi connectivity index (χ0n) is 15.2. The summed E-state index contributed by atoms with van der Waals surface area (Å²) in [5.74, 6) is 0.299. The number of hydrogen-bond donors (Lipinski definition) is 1. The summed E-state index contributed by atoms with van der Waals surface area (Å²) in [6.45, 7) is 2.13. The Bertz CT molecular complexity index is 1090. The van der Waals surface area contributed by atoms with Gasteiger partial charge in [-0.15, -0.1) is 0 Å². The molecule has 0 atom stereocenters. The van der Waals surface area contributed by atoms with Crippen molar-refractivity contribution in [2.75, 3.05) is 7.11 Å². The molecular weight excluding hydrogens is 382 g/mol. The number of nitrogens with one attached hydrogen (secondary N) is 1. The summed E-state index contributed by atoms with van der Waals surface area (Å²) in [5, 5.41) is 22.0. The van der Waals surface area contributed by atoms with E-state index in [9.17, 15) is 10.1 Å². The van der Waals surface area contributed by atoms with E-state index in [0.29, 0.717) is 10.3 Å². The van der Waals surface area contributed by atoms with Gasteiger partial charge in [0, 0.05) is 11.6 Å². The summed E-state index contributed by atoms with van der Waals surface area (Å²) in [6, 6.07) is 10.6. The van der Waals surface area contributed by atoms with Crippen LogP contribution in [-0.2, 0) is 6.61 Å². The number of rotatable bonds is 7. The Morgan fingerprint density at radius 2 is 2.18 bits per heavy atom. The van der Waals surface area contributed by atoms with Crippen LogP contribution in [0.1, 0.15) is 16.7 Å². The predicted octanol–water partition coefficient (Wildman–Crippen LogP) is 3.63. The molecule has 0 saturated heterocycles. The van der Waals surface area contributed by atoms with Gasteiger partial charge in [-0.2, -0.15) is 14.9 Å². The van der Waals surface area contributed by atoms with Gasteiger partial charge in [0.1, 0.15) is 12.9 Å². The van der Waals surface area contributed by atoms with Gasteiger partial charge in [-0.05, 0) is 36.3 Å². The smallest absolute Gasteiger partial charge is 0.315 e. The fourth-order valence-corrected chi connectivity index (χ4v) is 2.64. The summed E-state index contributed by atoms with van der Waals surface area (Å²) in [5.41, 5.74) is 2.20. The van der Waals surface area contributed by atoms with Crippen LogP contribution < -0.4 is 9.47 Å². The number of nitrogens with zero attached hydrogens (tertiary/aromatic N) is 4. The molecule has 2 aromatic carbocycles. The van der Waals surface area contributed by atoms with Crippen molar-refractivity contribution in [3.63, 3.8) is 0 Å². The number of aromatic nitrogens is 3. The maximum Gasteiger partial charge on any atom is 0.315 e. The van der Waals surface area contributed by atoms with Crippen molar-refractivity contribution >= 4 is 24.1 Å². The summed E-state index contributed by atoms with van der Waals surface area (Å²) in [6.07, 6.45) is 2.82. The maximum absolute atomic E-state index is 11.6.